The second-order valence-corrected chi connectivity index (χ2v) is 4.77. The van der Waals surface area contributed by atoms with E-state index in [1.165, 1.54) is 6.07 Å². The van der Waals surface area contributed by atoms with Crippen LogP contribution in [0.15, 0.2) is 22.7 Å². The topological polar surface area (TPSA) is 12.0 Å². The van der Waals surface area contributed by atoms with E-state index in [4.69, 9.17) is 0 Å². The predicted octanol–water partition coefficient (Wildman–Crippen LogP) is 4.53. The maximum Gasteiger partial charge on any atom is 0.416 e. The van der Waals surface area contributed by atoms with E-state index in [0.29, 0.717) is 16.5 Å². The van der Waals surface area contributed by atoms with Gasteiger partial charge >= 0.3 is 6.18 Å². The highest BCUT2D eigenvalue weighted by Gasteiger charge is 2.35. The summed E-state index contributed by atoms with van der Waals surface area (Å²) in [6, 6.07) is 4.05. The third-order valence-corrected chi connectivity index (χ3v) is 3.12. The molecule has 96 valence electrons. The highest BCUT2D eigenvalue weighted by Crippen LogP contribution is 2.37. The zero-order valence-corrected chi connectivity index (χ0v) is 11.3. The number of hydrogen-bond donors (Lipinski definition) is 1. The summed E-state index contributed by atoms with van der Waals surface area (Å²) in [6.45, 7) is 1.95. The lowest BCUT2D eigenvalue weighted by molar-refractivity contribution is -0.138. The fraction of sp³-hybridized carbons (Fsp3) is 0.500. The number of rotatable bonds is 4. The second-order valence-electron chi connectivity index (χ2n) is 3.86. The fourth-order valence-electron chi connectivity index (χ4n) is 1.82. The van der Waals surface area contributed by atoms with Gasteiger partial charge in [0.1, 0.15) is 0 Å². The van der Waals surface area contributed by atoms with Gasteiger partial charge in [0.25, 0.3) is 0 Å². The van der Waals surface area contributed by atoms with Crippen LogP contribution in [0.4, 0.5) is 13.2 Å². The van der Waals surface area contributed by atoms with Crippen molar-refractivity contribution >= 4 is 15.9 Å². The van der Waals surface area contributed by atoms with E-state index in [0.717, 1.165) is 12.5 Å². The molecule has 1 N–H and O–H groups in total. The lowest BCUT2D eigenvalue weighted by Crippen LogP contribution is -2.20. The smallest absolute Gasteiger partial charge is 0.313 e. The molecule has 0 spiro atoms. The molecule has 0 aliphatic heterocycles. The molecule has 17 heavy (non-hydrogen) atoms. The average Bonchev–Trinajstić information content (AvgIpc) is 2.25. The van der Waals surface area contributed by atoms with Gasteiger partial charge in [-0.05, 0) is 31.2 Å². The maximum atomic E-state index is 12.9. The van der Waals surface area contributed by atoms with Crippen molar-refractivity contribution in [1.29, 1.82) is 0 Å². The van der Waals surface area contributed by atoms with Crippen molar-refractivity contribution in [2.75, 3.05) is 7.05 Å². The predicted molar refractivity (Wildman–Crippen MR) is 65.9 cm³/mol. The standard InChI is InChI=1S/C12H15BrF3N/c1-3-4-11(17-2)9-6-5-8(13)7-10(9)12(14,15)16/h5-7,11,17H,3-4H2,1-2H3. The molecule has 1 nitrogen and oxygen atoms in total. The highest BCUT2D eigenvalue weighted by molar-refractivity contribution is 9.10. The van der Waals surface area contributed by atoms with E-state index in [1.54, 1.807) is 13.1 Å². The molecule has 0 radical (unpaired) electrons. The second kappa shape index (κ2) is 5.87. The van der Waals surface area contributed by atoms with Gasteiger partial charge < -0.3 is 5.32 Å². The number of halogens is 4. The van der Waals surface area contributed by atoms with Crippen molar-refractivity contribution < 1.29 is 13.2 Å². The number of nitrogens with one attached hydrogen (secondary N) is 1. The molecular weight excluding hydrogens is 295 g/mol. The third kappa shape index (κ3) is 3.71. The fourth-order valence-corrected chi connectivity index (χ4v) is 2.18. The average molecular weight is 310 g/mol. The lowest BCUT2D eigenvalue weighted by Gasteiger charge is -2.21. The van der Waals surface area contributed by atoms with Crippen molar-refractivity contribution in [3.8, 4) is 0 Å². The summed E-state index contributed by atoms with van der Waals surface area (Å²) in [4.78, 5) is 0. The van der Waals surface area contributed by atoms with Crippen LogP contribution in [0.25, 0.3) is 0 Å². The minimum Gasteiger partial charge on any atom is -0.313 e. The maximum absolute atomic E-state index is 12.9. The van der Waals surface area contributed by atoms with Gasteiger partial charge in [-0.15, -0.1) is 0 Å². The normalized spacial score (nSPS) is 13.8. The Morgan fingerprint density at radius 1 is 1.35 bits per heavy atom. The van der Waals surface area contributed by atoms with Crippen LogP contribution in [0, 0.1) is 0 Å². The number of alkyl halides is 3. The first-order valence-corrected chi connectivity index (χ1v) is 6.23. The molecule has 0 fully saturated rings. The monoisotopic (exact) mass is 309 g/mol. The van der Waals surface area contributed by atoms with Crippen LogP contribution in [0.5, 0.6) is 0 Å². The van der Waals surface area contributed by atoms with Crippen LogP contribution >= 0.6 is 15.9 Å². The Morgan fingerprint density at radius 2 is 2.00 bits per heavy atom. The molecule has 0 aromatic heterocycles. The third-order valence-electron chi connectivity index (χ3n) is 2.62. The summed E-state index contributed by atoms with van der Waals surface area (Å²) in [6.07, 6.45) is -2.80. The van der Waals surface area contributed by atoms with Gasteiger partial charge in [-0.2, -0.15) is 13.2 Å². The summed E-state index contributed by atoms with van der Waals surface area (Å²) in [7, 11) is 1.68. The van der Waals surface area contributed by atoms with Crippen LogP contribution in [-0.4, -0.2) is 7.05 Å². The summed E-state index contributed by atoms with van der Waals surface area (Å²) in [5.41, 5.74) is -0.260. The molecule has 1 unspecified atom stereocenters. The number of benzene rings is 1. The Bertz CT molecular complexity index is 377. The molecule has 1 aromatic carbocycles. The van der Waals surface area contributed by atoms with Crippen LogP contribution < -0.4 is 5.32 Å². The van der Waals surface area contributed by atoms with Gasteiger partial charge in [-0.3, -0.25) is 0 Å². The van der Waals surface area contributed by atoms with Crippen molar-refractivity contribution in [1.82, 2.24) is 5.32 Å². The molecular formula is C12H15BrF3N. The Hall–Kier alpha value is -0.550. The molecule has 1 atom stereocenters. The molecule has 0 saturated heterocycles. The molecule has 0 heterocycles. The Balaban J connectivity index is 3.22. The van der Waals surface area contributed by atoms with Crippen LogP contribution in [-0.2, 0) is 6.18 Å². The van der Waals surface area contributed by atoms with E-state index >= 15 is 0 Å². The van der Waals surface area contributed by atoms with Crippen molar-refractivity contribution in [3.63, 3.8) is 0 Å². The van der Waals surface area contributed by atoms with Gasteiger partial charge in [0.2, 0.25) is 0 Å². The molecule has 0 bridgehead atoms. The van der Waals surface area contributed by atoms with E-state index in [-0.39, 0.29) is 6.04 Å². The SMILES string of the molecule is CCCC(NC)c1ccc(Br)cc1C(F)(F)F. The zero-order chi connectivity index (χ0) is 13.1. The Kier molecular flexibility index (Phi) is 5.01. The minimum absolute atomic E-state index is 0.260. The van der Waals surface area contributed by atoms with Gasteiger partial charge in [-0.25, -0.2) is 0 Å². The molecule has 1 rings (SSSR count). The van der Waals surface area contributed by atoms with Crippen molar-refractivity contribution in [2.45, 2.75) is 32.0 Å². The summed E-state index contributed by atoms with van der Waals surface area (Å²) >= 11 is 3.08. The number of hydrogen-bond acceptors (Lipinski definition) is 1. The van der Waals surface area contributed by atoms with E-state index in [2.05, 4.69) is 21.2 Å². The summed E-state index contributed by atoms with van der Waals surface area (Å²) < 4.78 is 39.2. The first-order valence-electron chi connectivity index (χ1n) is 5.44. The van der Waals surface area contributed by atoms with Crippen LogP contribution in [0.1, 0.15) is 36.9 Å². The quantitative estimate of drug-likeness (QED) is 0.861. The molecule has 0 aliphatic carbocycles. The van der Waals surface area contributed by atoms with Gasteiger partial charge in [0.15, 0.2) is 0 Å². The first kappa shape index (κ1) is 14.5. The zero-order valence-electron chi connectivity index (χ0n) is 9.74. The van der Waals surface area contributed by atoms with E-state index in [9.17, 15) is 13.2 Å². The van der Waals surface area contributed by atoms with Crippen molar-refractivity contribution in [2.24, 2.45) is 0 Å². The largest absolute Gasteiger partial charge is 0.416 e. The Morgan fingerprint density at radius 3 is 2.47 bits per heavy atom. The molecule has 1 aromatic rings. The lowest BCUT2D eigenvalue weighted by atomic mass is 9.97. The van der Waals surface area contributed by atoms with E-state index < -0.39 is 11.7 Å². The van der Waals surface area contributed by atoms with Gasteiger partial charge in [0, 0.05) is 10.5 Å². The van der Waals surface area contributed by atoms with Gasteiger partial charge in [-0.1, -0.05) is 35.3 Å². The molecule has 0 saturated carbocycles. The molecule has 0 aliphatic rings. The van der Waals surface area contributed by atoms with Gasteiger partial charge in [0.05, 0.1) is 5.56 Å². The van der Waals surface area contributed by atoms with Crippen molar-refractivity contribution in [3.05, 3.63) is 33.8 Å². The minimum atomic E-state index is -4.32. The van der Waals surface area contributed by atoms with E-state index in [1.807, 2.05) is 6.92 Å². The highest BCUT2D eigenvalue weighted by atomic mass is 79.9. The summed E-state index contributed by atoms with van der Waals surface area (Å²) in [5, 5.41) is 2.94. The molecule has 0 amide bonds. The van der Waals surface area contributed by atoms with Crippen LogP contribution in [0.3, 0.4) is 0 Å². The van der Waals surface area contributed by atoms with Crippen LogP contribution in [0.2, 0.25) is 0 Å². The Labute approximate surface area is 108 Å². The summed E-state index contributed by atoms with van der Waals surface area (Å²) in [5.74, 6) is 0. The molecule has 5 heteroatoms. The first-order chi connectivity index (χ1) is 7.90.